The van der Waals surface area contributed by atoms with Crippen molar-refractivity contribution in [3.63, 3.8) is 0 Å². The van der Waals surface area contributed by atoms with Gasteiger partial charge in [0.25, 0.3) is 0 Å². The summed E-state index contributed by atoms with van der Waals surface area (Å²) in [6.07, 6.45) is 2.23. The summed E-state index contributed by atoms with van der Waals surface area (Å²) < 4.78 is 5.32. The molecule has 0 unspecified atom stereocenters. The second kappa shape index (κ2) is 5.76. The minimum absolute atomic E-state index is 0.596. The van der Waals surface area contributed by atoms with E-state index in [4.69, 9.17) is 27.9 Å². The number of hydrogen-bond acceptors (Lipinski definition) is 2. The Morgan fingerprint density at radius 3 is 2.75 bits per heavy atom. The number of halogens is 2. The van der Waals surface area contributed by atoms with Crippen molar-refractivity contribution in [2.24, 2.45) is 5.92 Å². The SMILES string of the molecule is Clc1cccc(NCC2CCOCC2)c1Cl. The molecule has 0 atom stereocenters. The molecule has 0 spiro atoms. The van der Waals surface area contributed by atoms with Crippen LogP contribution in [0.1, 0.15) is 12.8 Å². The van der Waals surface area contributed by atoms with E-state index in [0.717, 1.165) is 38.3 Å². The molecule has 0 radical (unpaired) electrons. The Hall–Kier alpha value is -0.440. The number of benzene rings is 1. The summed E-state index contributed by atoms with van der Waals surface area (Å²) in [6.45, 7) is 2.68. The van der Waals surface area contributed by atoms with Gasteiger partial charge in [0.15, 0.2) is 0 Å². The quantitative estimate of drug-likeness (QED) is 0.891. The molecule has 2 rings (SSSR count). The predicted molar refractivity (Wildman–Crippen MR) is 68.5 cm³/mol. The molecule has 4 heteroatoms. The molecule has 0 saturated carbocycles. The largest absolute Gasteiger partial charge is 0.384 e. The highest BCUT2D eigenvalue weighted by Gasteiger charge is 2.14. The maximum absolute atomic E-state index is 6.09. The van der Waals surface area contributed by atoms with E-state index in [2.05, 4.69) is 5.32 Å². The molecule has 1 aliphatic heterocycles. The van der Waals surface area contributed by atoms with Gasteiger partial charge in [0.1, 0.15) is 0 Å². The van der Waals surface area contributed by atoms with E-state index in [1.165, 1.54) is 0 Å². The van der Waals surface area contributed by atoms with Crippen LogP contribution in [0.15, 0.2) is 18.2 Å². The van der Waals surface area contributed by atoms with Crippen LogP contribution in [0.2, 0.25) is 10.0 Å². The van der Waals surface area contributed by atoms with Gasteiger partial charge < -0.3 is 10.1 Å². The van der Waals surface area contributed by atoms with Gasteiger partial charge in [-0.3, -0.25) is 0 Å². The van der Waals surface area contributed by atoms with Crippen LogP contribution in [0.25, 0.3) is 0 Å². The Morgan fingerprint density at radius 2 is 2.00 bits per heavy atom. The average Bonchev–Trinajstić information content (AvgIpc) is 2.32. The van der Waals surface area contributed by atoms with Crippen molar-refractivity contribution in [1.82, 2.24) is 0 Å². The number of rotatable bonds is 3. The second-order valence-corrected chi connectivity index (χ2v) is 4.82. The highest BCUT2D eigenvalue weighted by atomic mass is 35.5. The molecular formula is C12H15Cl2NO. The summed E-state index contributed by atoms with van der Waals surface area (Å²) >= 11 is 12.0. The van der Waals surface area contributed by atoms with Crippen LogP contribution in [-0.4, -0.2) is 19.8 Å². The summed E-state index contributed by atoms with van der Waals surface area (Å²) in [4.78, 5) is 0. The molecule has 88 valence electrons. The lowest BCUT2D eigenvalue weighted by Crippen LogP contribution is -2.22. The molecule has 1 aliphatic rings. The fourth-order valence-corrected chi connectivity index (χ4v) is 2.21. The molecule has 16 heavy (non-hydrogen) atoms. The lowest BCUT2D eigenvalue weighted by atomic mass is 10.0. The summed E-state index contributed by atoms with van der Waals surface area (Å²) in [5.74, 6) is 0.670. The van der Waals surface area contributed by atoms with Gasteiger partial charge in [0.2, 0.25) is 0 Å². The first-order valence-corrected chi connectivity index (χ1v) is 6.28. The third kappa shape index (κ3) is 3.03. The van der Waals surface area contributed by atoms with Crippen LogP contribution in [-0.2, 0) is 4.74 Å². The van der Waals surface area contributed by atoms with Gasteiger partial charge >= 0.3 is 0 Å². The highest BCUT2D eigenvalue weighted by molar-refractivity contribution is 6.43. The minimum Gasteiger partial charge on any atom is -0.384 e. The molecular weight excluding hydrogens is 245 g/mol. The Kier molecular flexibility index (Phi) is 4.33. The molecule has 1 heterocycles. The maximum atomic E-state index is 6.09. The number of ether oxygens (including phenoxy) is 1. The predicted octanol–water partition coefficient (Wildman–Crippen LogP) is 3.83. The molecule has 0 aromatic heterocycles. The van der Waals surface area contributed by atoms with Gasteiger partial charge in [-0.1, -0.05) is 29.3 Å². The lowest BCUT2D eigenvalue weighted by Gasteiger charge is -2.23. The van der Waals surface area contributed by atoms with E-state index in [-0.39, 0.29) is 0 Å². The second-order valence-electron chi connectivity index (χ2n) is 4.04. The van der Waals surface area contributed by atoms with Crippen molar-refractivity contribution >= 4 is 28.9 Å². The zero-order valence-electron chi connectivity index (χ0n) is 9.01. The zero-order valence-corrected chi connectivity index (χ0v) is 10.5. The Morgan fingerprint density at radius 1 is 1.25 bits per heavy atom. The van der Waals surface area contributed by atoms with Gasteiger partial charge in [-0.05, 0) is 30.9 Å². The van der Waals surface area contributed by atoms with Crippen LogP contribution in [0.4, 0.5) is 5.69 Å². The topological polar surface area (TPSA) is 21.3 Å². The van der Waals surface area contributed by atoms with Crippen LogP contribution in [0, 0.1) is 5.92 Å². The highest BCUT2D eigenvalue weighted by Crippen LogP contribution is 2.30. The van der Waals surface area contributed by atoms with Gasteiger partial charge in [-0.25, -0.2) is 0 Å². The first kappa shape index (κ1) is 12.0. The summed E-state index contributed by atoms with van der Waals surface area (Å²) in [5, 5.41) is 4.56. The summed E-state index contributed by atoms with van der Waals surface area (Å²) in [5.41, 5.74) is 0.917. The van der Waals surface area contributed by atoms with Gasteiger partial charge in [-0.2, -0.15) is 0 Å². The number of anilines is 1. The van der Waals surface area contributed by atoms with Crippen LogP contribution in [0.3, 0.4) is 0 Å². The first-order chi connectivity index (χ1) is 7.77. The van der Waals surface area contributed by atoms with Crippen molar-refractivity contribution in [3.05, 3.63) is 28.2 Å². The van der Waals surface area contributed by atoms with Crippen molar-refractivity contribution in [3.8, 4) is 0 Å². The zero-order chi connectivity index (χ0) is 11.4. The van der Waals surface area contributed by atoms with E-state index in [9.17, 15) is 0 Å². The van der Waals surface area contributed by atoms with Crippen LogP contribution >= 0.6 is 23.2 Å². The standard InChI is InChI=1S/C12H15Cl2NO/c13-10-2-1-3-11(12(10)14)15-8-9-4-6-16-7-5-9/h1-3,9,15H,4-8H2. The van der Waals surface area contributed by atoms with E-state index in [1.807, 2.05) is 12.1 Å². The van der Waals surface area contributed by atoms with E-state index < -0.39 is 0 Å². The number of nitrogens with one attached hydrogen (secondary N) is 1. The molecule has 2 nitrogen and oxygen atoms in total. The molecule has 1 saturated heterocycles. The van der Waals surface area contributed by atoms with Gasteiger partial charge in [-0.15, -0.1) is 0 Å². The molecule has 1 N–H and O–H groups in total. The van der Waals surface area contributed by atoms with Crippen LogP contribution in [0.5, 0.6) is 0 Å². The summed E-state index contributed by atoms with van der Waals surface area (Å²) in [6, 6.07) is 5.65. The third-order valence-electron chi connectivity index (χ3n) is 2.87. The first-order valence-electron chi connectivity index (χ1n) is 5.53. The smallest absolute Gasteiger partial charge is 0.0823 e. The van der Waals surface area contributed by atoms with Crippen molar-refractivity contribution < 1.29 is 4.74 Å². The van der Waals surface area contributed by atoms with Crippen molar-refractivity contribution in [2.45, 2.75) is 12.8 Å². The monoisotopic (exact) mass is 259 g/mol. The molecule has 0 amide bonds. The fraction of sp³-hybridized carbons (Fsp3) is 0.500. The van der Waals surface area contributed by atoms with E-state index in [0.29, 0.717) is 16.0 Å². The third-order valence-corrected chi connectivity index (χ3v) is 3.69. The van der Waals surface area contributed by atoms with Gasteiger partial charge in [0, 0.05) is 19.8 Å². The normalized spacial score (nSPS) is 17.4. The lowest BCUT2D eigenvalue weighted by molar-refractivity contribution is 0.0699. The van der Waals surface area contributed by atoms with E-state index >= 15 is 0 Å². The van der Waals surface area contributed by atoms with Gasteiger partial charge in [0.05, 0.1) is 15.7 Å². The van der Waals surface area contributed by atoms with Crippen molar-refractivity contribution in [1.29, 1.82) is 0 Å². The summed E-state index contributed by atoms with van der Waals surface area (Å²) in [7, 11) is 0. The molecule has 1 aromatic carbocycles. The molecule has 1 fully saturated rings. The van der Waals surface area contributed by atoms with Crippen LogP contribution < -0.4 is 5.32 Å². The molecule has 0 aliphatic carbocycles. The molecule has 0 bridgehead atoms. The molecule has 1 aromatic rings. The fourth-order valence-electron chi connectivity index (χ4n) is 1.85. The Labute approximate surface area is 106 Å². The number of hydrogen-bond donors (Lipinski definition) is 1. The minimum atomic E-state index is 0.596. The maximum Gasteiger partial charge on any atom is 0.0823 e. The average molecular weight is 260 g/mol. The van der Waals surface area contributed by atoms with E-state index in [1.54, 1.807) is 6.07 Å². The van der Waals surface area contributed by atoms with Crippen molar-refractivity contribution in [2.75, 3.05) is 25.1 Å². The Balaban J connectivity index is 1.91. The Bertz CT molecular complexity index is 351.